The lowest BCUT2D eigenvalue weighted by molar-refractivity contribution is -0.124. The minimum atomic E-state index is -0.338. The molecule has 2 rings (SSSR count). The Labute approximate surface area is 108 Å². The van der Waals surface area contributed by atoms with Crippen LogP contribution in [0.5, 0.6) is 0 Å². The van der Waals surface area contributed by atoms with E-state index in [2.05, 4.69) is 17.4 Å². The van der Waals surface area contributed by atoms with Crippen molar-refractivity contribution in [1.82, 2.24) is 5.32 Å². The van der Waals surface area contributed by atoms with Gasteiger partial charge < -0.3 is 10.4 Å². The summed E-state index contributed by atoms with van der Waals surface area (Å²) >= 11 is 0. The van der Waals surface area contributed by atoms with Crippen LogP contribution in [0.25, 0.3) is 0 Å². The second-order valence-electron chi connectivity index (χ2n) is 5.45. The Hall–Kier alpha value is -1.35. The zero-order valence-corrected chi connectivity index (χ0v) is 11.1. The normalized spacial score (nSPS) is 17.1. The number of aliphatic hydroxyl groups is 1. The van der Waals surface area contributed by atoms with Gasteiger partial charge in [0.05, 0.1) is 18.6 Å². The molecule has 1 amide bonds. The van der Waals surface area contributed by atoms with Crippen LogP contribution in [0.2, 0.25) is 0 Å². The van der Waals surface area contributed by atoms with Gasteiger partial charge >= 0.3 is 0 Å². The van der Waals surface area contributed by atoms with Gasteiger partial charge in [0.1, 0.15) is 0 Å². The molecule has 98 valence electrons. The number of carbonyl (C=O) groups is 1. The smallest absolute Gasteiger partial charge is 0.224 e. The molecule has 0 aromatic heterocycles. The van der Waals surface area contributed by atoms with E-state index in [1.54, 1.807) is 0 Å². The zero-order chi connectivity index (χ0) is 13.2. The molecular formula is C15H21NO2. The summed E-state index contributed by atoms with van der Waals surface area (Å²) in [7, 11) is 0. The van der Waals surface area contributed by atoms with Crippen LogP contribution in [-0.4, -0.2) is 23.2 Å². The highest BCUT2D eigenvalue weighted by Gasteiger charge is 2.37. The van der Waals surface area contributed by atoms with Gasteiger partial charge in [-0.15, -0.1) is 0 Å². The van der Waals surface area contributed by atoms with Crippen molar-refractivity contribution in [3.8, 4) is 0 Å². The molecule has 1 aromatic rings. The fourth-order valence-corrected chi connectivity index (χ4v) is 2.43. The van der Waals surface area contributed by atoms with Crippen molar-refractivity contribution in [3.05, 3.63) is 34.9 Å². The van der Waals surface area contributed by atoms with Gasteiger partial charge in [0, 0.05) is 0 Å². The summed E-state index contributed by atoms with van der Waals surface area (Å²) in [6.45, 7) is 4.10. The highest BCUT2D eigenvalue weighted by molar-refractivity contribution is 5.80. The fraction of sp³-hybridized carbons (Fsp3) is 0.533. The maximum atomic E-state index is 12.0. The monoisotopic (exact) mass is 247 g/mol. The second-order valence-corrected chi connectivity index (χ2v) is 5.45. The predicted octanol–water partition coefficient (Wildman–Crippen LogP) is 1.88. The van der Waals surface area contributed by atoms with Gasteiger partial charge in [-0.3, -0.25) is 4.79 Å². The Morgan fingerprint density at radius 3 is 2.67 bits per heavy atom. The first-order valence-corrected chi connectivity index (χ1v) is 6.53. The summed E-state index contributed by atoms with van der Waals surface area (Å²) in [6, 6.07) is 6.16. The molecule has 0 spiro atoms. The van der Waals surface area contributed by atoms with Gasteiger partial charge in [-0.05, 0) is 44.2 Å². The minimum absolute atomic E-state index is 0.0115. The topological polar surface area (TPSA) is 49.3 Å². The first-order chi connectivity index (χ1) is 8.54. The molecule has 0 aliphatic heterocycles. The number of amides is 1. The lowest BCUT2D eigenvalue weighted by Gasteiger charge is -2.41. The molecule has 2 N–H and O–H groups in total. The molecule has 1 fully saturated rings. The van der Waals surface area contributed by atoms with Crippen LogP contribution in [0.1, 0.15) is 36.0 Å². The highest BCUT2D eigenvalue weighted by atomic mass is 16.3. The van der Waals surface area contributed by atoms with E-state index in [-0.39, 0.29) is 18.1 Å². The molecule has 0 bridgehead atoms. The number of carbonyl (C=O) groups excluding carboxylic acids is 1. The number of nitrogens with one attached hydrogen (secondary N) is 1. The standard InChI is InChI=1S/C15H21NO2/c1-11-4-5-12(2)13(8-11)9-14(18)16-15(10-17)6-3-7-15/h4-5,8,17H,3,6-7,9-10H2,1-2H3,(H,16,18). The quantitative estimate of drug-likeness (QED) is 0.853. The van der Waals surface area contributed by atoms with E-state index >= 15 is 0 Å². The highest BCUT2D eigenvalue weighted by Crippen LogP contribution is 2.31. The van der Waals surface area contributed by atoms with E-state index in [0.29, 0.717) is 6.42 Å². The van der Waals surface area contributed by atoms with Gasteiger partial charge in [0.15, 0.2) is 0 Å². The molecule has 0 unspecified atom stereocenters. The number of hydrogen-bond donors (Lipinski definition) is 2. The first-order valence-electron chi connectivity index (χ1n) is 6.53. The molecule has 0 radical (unpaired) electrons. The van der Waals surface area contributed by atoms with Crippen molar-refractivity contribution in [1.29, 1.82) is 0 Å². The van der Waals surface area contributed by atoms with E-state index in [0.717, 1.165) is 30.4 Å². The largest absolute Gasteiger partial charge is 0.394 e. The summed E-state index contributed by atoms with van der Waals surface area (Å²) in [5.41, 5.74) is 3.04. The summed E-state index contributed by atoms with van der Waals surface area (Å²) in [4.78, 5) is 12.0. The van der Waals surface area contributed by atoms with E-state index in [1.807, 2.05) is 19.9 Å². The van der Waals surface area contributed by atoms with Crippen molar-refractivity contribution in [2.24, 2.45) is 0 Å². The predicted molar refractivity (Wildman–Crippen MR) is 71.4 cm³/mol. The average Bonchev–Trinajstić information content (AvgIpc) is 2.28. The third-order valence-electron chi connectivity index (χ3n) is 3.87. The number of aryl methyl sites for hydroxylation is 2. The second kappa shape index (κ2) is 5.11. The third kappa shape index (κ3) is 2.72. The van der Waals surface area contributed by atoms with Gasteiger partial charge in [0.25, 0.3) is 0 Å². The average molecular weight is 247 g/mol. The molecule has 0 atom stereocenters. The zero-order valence-electron chi connectivity index (χ0n) is 11.1. The van der Waals surface area contributed by atoms with Gasteiger partial charge in [-0.1, -0.05) is 23.8 Å². The van der Waals surface area contributed by atoms with Crippen LogP contribution in [-0.2, 0) is 11.2 Å². The Bertz CT molecular complexity index is 444. The molecule has 1 aromatic carbocycles. The Morgan fingerprint density at radius 2 is 2.11 bits per heavy atom. The number of aliphatic hydroxyl groups excluding tert-OH is 1. The molecule has 1 saturated carbocycles. The van der Waals surface area contributed by atoms with Crippen LogP contribution in [0.4, 0.5) is 0 Å². The molecule has 0 saturated heterocycles. The SMILES string of the molecule is Cc1ccc(C)c(CC(=O)NC2(CO)CCC2)c1. The van der Waals surface area contributed by atoms with Crippen LogP contribution in [0.15, 0.2) is 18.2 Å². The van der Waals surface area contributed by atoms with Crippen molar-refractivity contribution in [3.63, 3.8) is 0 Å². The van der Waals surface area contributed by atoms with Crippen LogP contribution in [0.3, 0.4) is 0 Å². The third-order valence-corrected chi connectivity index (χ3v) is 3.87. The summed E-state index contributed by atoms with van der Waals surface area (Å²) in [5.74, 6) is 0.0115. The lowest BCUT2D eigenvalue weighted by atomic mass is 9.77. The molecular weight excluding hydrogens is 226 g/mol. The van der Waals surface area contributed by atoms with E-state index in [1.165, 1.54) is 5.56 Å². The Morgan fingerprint density at radius 1 is 1.39 bits per heavy atom. The molecule has 1 aliphatic rings. The van der Waals surface area contributed by atoms with Crippen LogP contribution < -0.4 is 5.32 Å². The molecule has 3 nitrogen and oxygen atoms in total. The van der Waals surface area contributed by atoms with E-state index in [9.17, 15) is 9.90 Å². The Kier molecular flexibility index (Phi) is 3.71. The summed E-state index contributed by atoms with van der Waals surface area (Å²) in [6.07, 6.45) is 3.27. The van der Waals surface area contributed by atoms with Crippen molar-refractivity contribution in [2.45, 2.75) is 45.1 Å². The van der Waals surface area contributed by atoms with Crippen LogP contribution >= 0.6 is 0 Å². The van der Waals surface area contributed by atoms with Gasteiger partial charge in [-0.25, -0.2) is 0 Å². The molecule has 3 heteroatoms. The minimum Gasteiger partial charge on any atom is -0.394 e. The van der Waals surface area contributed by atoms with E-state index < -0.39 is 0 Å². The van der Waals surface area contributed by atoms with Crippen molar-refractivity contribution in [2.75, 3.05) is 6.61 Å². The first kappa shape index (κ1) is 13.1. The van der Waals surface area contributed by atoms with Crippen molar-refractivity contribution >= 4 is 5.91 Å². The fourth-order valence-electron chi connectivity index (χ4n) is 2.43. The maximum Gasteiger partial charge on any atom is 0.224 e. The van der Waals surface area contributed by atoms with Gasteiger partial charge in [-0.2, -0.15) is 0 Å². The number of benzene rings is 1. The molecule has 18 heavy (non-hydrogen) atoms. The van der Waals surface area contributed by atoms with Crippen molar-refractivity contribution < 1.29 is 9.90 Å². The van der Waals surface area contributed by atoms with E-state index in [4.69, 9.17) is 0 Å². The summed E-state index contributed by atoms with van der Waals surface area (Å²) < 4.78 is 0. The molecule has 1 aliphatic carbocycles. The lowest BCUT2D eigenvalue weighted by Crippen LogP contribution is -2.56. The van der Waals surface area contributed by atoms with Crippen LogP contribution in [0, 0.1) is 13.8 Å². The Balaban J connectivity index is 2.00. The number of rotatable bonds is 4. The summed E-state index contributed by atoms with van der Waals surface area (Å²) in [5, 5.41) is 12.3. The molecule has 0 heterocycles. The maximum absolute atomic E-state index is 12.0. The van der Waals surface area contributed by atoms with Gasteiger partial charge in [0.2, 0.25) is 5.91 Å². The number of hydrogen-bond acceptors (Lipinski definition) is 2.